The summed E-state index contributed by atoms with van der Waals surface area (Å²) in [5.41, 5.74) is 0.856. The third-order valence-corrected chi connectivity index (χ3v) is 2.76. The second-order valence-electron chi connectivity index (χ2n) is 2.64. The van der Waals surface area contributed by atoms with Gasteiger partial charge >= 0.3 is 0 Å². The average molecular weight is 261 g/mol. The first kappa shape index (κ1) is 15.4. The van der Waals surface area contributed by atoms with Crippen molar-refractivity contribution in [2.45, 2.75) is 0 Å². The number of benzene rings is 1. The van der Waals surface area contributed by atoms with E-state index in [2.05, 4.69) is 23.2 Å². The van der Waals surface area contributed by atoms with Crippen LogP contribution in [0.5, 0.6) is 5.75 Å². The van der Waals surface area contributed by atoms with Crippen LogP contribution < -0.4 is 10.6 Å². The molecule has 1 aromatic carbocycles. The molecule has 1 heterocycles. The number of ether oxygens (including phenoxy) is 1. The molecule has 2 aromatic rings. The Hall–Kier alpha value is -2.64. The van der Waals surface area contributed by atoms with E-state index in [-0.39, 0.29) is 0 Å². The lowest BCUT2D eigenvalue weighted by Gasteiger charge is -1.97. The number of hydrazone groups is 1. The SMILES string of the molecule is C#N.C#N.COc1cccc2sc(C=NN)nc12. The smallest absolute Gasteiger partial charge is 0.145 e. The number of para-hydroxylation sites is 1. The van der Waals surface area contributed by atoms with Crippen LogP contribution in [0.3, 0.4) is 0 Å². The van der Waals surface area contributed by atoms with Crippen LogP contribution in [0, 0.1) is 23.7 Å². The Morgan fingerprint density at radius 1 is 1.39 bits per heavy atom. The molecule has 0 aliphatic heterocycles. The number of hydrogen-bond donors (Lipinski definition) is 1. The van der Waals surface area contributed by atoms with Gasteiger partial charge in [-0.2, -0.15) is 5.10 Å². The Bertz CT molecular complexity index is 552. The summed E-state index contributed by atoms with van der Waals surface area (Å²) in [7, 11) is 1.63. The van der Waals surface area contributed by atoms with Gasteiger partial charge in [0.15, 0.2) is 0 Å². The van der Waals surface area contributed by atoms with Gasteiger partial charge in [0.05, 0.1) is 18.0 Å². The van der Waals surface area contributed by atoms with E-state index >= 15 is 0 Å². The van der Waals surface area contributed by atoms with E-state index in [1.807, 2.05) is 18.2 Å². The van der Waals surface area contributed by atoms with Crippen molar-refractivity contribution in [2.24, 2.45) is 10.9 Å². The van der Waals surface area contributed by atoms with E-state index in [1.165, 1.54) is 17.6 Å². The molecular formula is C11H11N5OS. The van der Waals surface area contributed by atoms with Crippen molar-refractivity contribution in [1.82, 2.24) is 4.98 Å². The van der Waals surface area contributed by atoms with Gasteiger partial charge < -0.3 is 10.6 Å². The fourth-order valence-electron chi connectivity index (χ4n) is 1.22. The number of nitrogens with zero attached hydrogens (tertiary/aromatic N) is 4. The molecule has 0 amide bonds. The largest absolute Gasteiger partial charge is 0.494 e. The number of methoxy groups -OCH3 is 1. The first-order chi connectivity index (χ1) is 8.85. The van der Waals surface area contributed by atoms with Gasteiger partial charge in [0.1, 0.15) is 16.3 Å². The minimum atomic E-state index is 0.774. The van der Waals surface area contributed by atoms with Crippen LogP contribution in [0.15, 0.2) is 23.3 Å². The number of nitriles is 2. The Labute approximate surface area is 109 Å². The molecule has 0 saturated carbocycles. The molecule has 0 unspecified atom stereocenters. The summed E-state index contributed by atoms with van der Waals surface area (Å²) in [4.78, 5) is 4.34. The van der Waals surface area contributed by atoms with Crippen LogP contribution in [0.25, 0.3) is 10.2 Å². The highest BCUT2D eigenvalue weighted by Gasteiger charge is 2.06. The van der Waals surface area contributed by atoms with Gasteiger partial charge in [-0.15, -0.1) is 11.3 Å². The van der Waals surface area contributed by atoms with Crippen molar-refractivity contribution in [3.63, 3.8) is 0 Å². The highest BCUT2D eigenvalue weighted by atomic mass is 32.1. The maximum Gasteiger partial charge on any atom is 0.145 e. The first-order valence-corrected chi connectivity index (χ1v) is 5.35. The van der Waals surface area contributed by atoms with E-state index in [1.54, 1.807) is 7.11 Å². The van der Waals surface area contributed by atoms with Crippen LogP contribution in [-0.2, 0) is 0 Å². The molecule has 0 aliphatic carbocycles. The van der Waals surface area contributed by atoms with Gasteiger partial charge in [-0.25, -0.2) is 15.5 Å². The molecule has 0 spiro atoms. The van der Waals surface area contributed by atoms with Crippen molar-refractivity contribution in [1.29, 1.82) is 10.5 Å². The normalized spacial score (nSPS) is 8.94. The van der Waals surface area contributed by atoms with Crippen molar-refractivity contribution in [2.75, 3.05) is 7.11 Å². The van der Waals surface area contributed by atoms with Crippen molar-refractivity contribution < 1.29 is 4.74 Å². The quantitative estimate of drug-likeness (QED) is 0.504. The predicted molar refractivity (Wildman–Crippen MR) is 71.3 cm³/mol. The zero-order valence-electron chi connectivity index (χ0n) is 9.65. The monoisotopic (exact) mass is 261 g/mol. The lowest BCUT2D eigenvalue weighted by Crippen LogP contribution is -1.86. The fourth-order valence-corrected chi connectivity index (χ4v) is 2.09. The molecule has 7 heteroatoms. The minimum absolute atomic E-state index is 0.774. The van der Waals surface area contributed by atoms with Gasteiger partial charge in [0, 0.05) is 13.1 Å². The molecule has 0 aliphatic rings. The number of hydrogen-bond acceptors (Lipinski definition) is 7. The lowest BCUT2D eigenvalue weighted by atomic mass is 10.3. The van der Waals surface area contributed by atoms with Crippen molar-refractivity contribution >= 4 is 27.8 Å². The second kappa shape index (κ2) is 8.50. The van der Waals surface area contributed by atoms with Crippen LogP contribution in [-0.4, -0.2) is 18.3 Å². The second-order valence-corrected chi connectivity index (χ2v) is 3.70. The van der Waals surface area contributed by atoms with E-state index < -0.39 is 0 Å². The summed E-state index contributed by atoms with van der Waals surface area (Å²) >= 11 is 1.53. The molecule has 0 bridgehead atoms. The van der Waals surface area contributed by atoms with Crippen LogP contribution in [0.2, 0.25) is 0 Å². The van der Waals surface area contributed by atoms with E-state index in [0.29, 0.717) is 0 Å². The third-order valence-electron chi connectivity index (χ3n) is 1.80. The van der Waals surface area contributed by atoms with Crippen molar-refractivity contribution in [3.05, 3.63) is 23.2 Å². The summed E-state index contributed by atoms with van der Waals surface area (Å²) in [6.07, 6.45) is 1.53. The number of rotatable bonds is 2. The van der Waals surface area contributed by atoms with Gasteiger partial charge in [-0.05, 0) is 12.1 Å². The average Bonchev–Trinajstić information content (AvgIpc) is 2.86. The summed E-state index contributed by atoms with van der Waals surface area (Å²) in [5, 5.41) is 17.2. The van der Waals surface area contributed by atoms with E-state index in [4.69, 9.17) is 21.1 Å². The molecular weight excluding hydrogens is 250 g/mol. The number of aromatic nitrogens is 1. The third kappa shape index (κ3) is 3.44. The molecule has 0 atom stereocenters. The van der Waals surface area contributed by atoms with Crippen LogP contribution in [0.1, 0.15) is 5.01 Å². The summed E-state index contributed by atoms with van der Waals surface area (Å²) in [6, 6.07) is 5.80. The van der Waals surface area contributed by atoms with Crippen LogP contribution >= 0.6 is 11.3 Å². The first-order valence-electron chi connectivity index (χ1n) is 4.53. The zero-order valence-corrected chi connectivity index (χ0v) is 10.5. The van der Waals surface area contributed by atoms with Gasteiger partial charge in [-0.1, -0.05) is 6.07 Å². The Balaban J connectivity index is 0.000000659. The maximum absolute atomic E-state index is 6.50. The van der Waals surface area contributed by atoms with Crippen molar-refractivity contribution in [3.8, 4) is 18.9 Å². The summed E-state index contributed by atoms with van der Waals surface area (Å²) in [6.45, 7) is 7.00. The number of fused-ring (bicyclic) bond motifs is 1. The molecule has 18 heavy (non-hydrogen) atoms. The van der Waals surface area contributed by atoms with Gasteiger partial charge in [0.2, 0.25) is 0 Å². The highest BCUT2D eigenvalue weighted by Crippen LogP contribution is 2.28. The minimum Gasteiger partial charge on any atom is -0.494 e. The number of thiazole rings is 1. The van der Waals surface area contributed by atoms with Gasteiger partial charge in [-0.3, -0.25) is 0 Å². The zero-order chi connectivity index (χ0) is 14.0. The standard InChI is InChI=1S/C9H9N3OS.2CHN/c1-13-6-3-2-4-7-9(6)12-8(14-7)5-11-10;2*1-2/h2-5H,10H2,1H3;2*1H. The van der Waals surface area contributed by atoms with E-state index in [9.17, 15) is 0 Å². The Kier molecular flexibility index (Phi) is 7.26. The molecule has 0 fully saturated rings. The van der Waals surface area contributed by atoms with Crippen LogP contribution in [0.4, 0.5) is 0 Å². The summed E-state index contributed by atoms with van der Waals surface area (Å²) in [5.74, 6) is 5.83. The molecule has 92 valence electrons. The topological polar surface area (TPSA) is 108 Å². The lowest BCUT2D eigenvalue weighted by molar-refractivity contribution is 0.419. The Morgan fingerprint density at radius 3 is 2.61 bits per heavy atom. The molecule has 6 nitrogen and oxygen atoms in total. The Morgan fingerprint density at radius 2 is 2.06 bits per heavy atom. The molecule has 2 rings (SSSR count). The number of nitrogens with two attached hydrogens (primary N) is 1. The van der Waals surface area contributed by atoms with E-state index in [0.717, 1.165) is 21.0 Å². The summed E-state index contributed by atoms with van der Waals surface area (Å²) < 4.78 is 6.26. The predicted octanol–water partition coefficient (Wildman–Crippen LogP) is 1.88. The fraction of sp³-hybridized carbons (Fsp3) is 0.0909. The highest BCUT2D eigenvalue weighted by molar-refractivity contribution is 7.20. The molecule has 0 radical (unpaired) electrons. The maximum atomic E-state index is 6.50. The molecule has 0 saturated heterocycles. The van der Waals surface area contributed by atoms with Gasteiger partial charge in [0.25, 0.3) is 0 Å². The molecule has 1 aromatic heterocycles. The molecule has 2 N–H and O–H groups in total.